The number of aromatic carboxylic acids is 1. The number of rotatable bonds is 3. The lowest BCUT2D eigenvalue weighted by Gasteiger charge is -1.90. The van der Waals surface area contributed by atoms with E-state index in [4.69, 9.17) is 16.7 Å². The van der Waals surface area contributed by atoms with Gasteiger partial charge in [-0.1, -0.05) is 11.6 Å². The fourth-order valence-corrected chi connectivity index (χ4v) is 2.23. The van der Waals surface area contributed by atoms with E-state index in [0.717, 1.165) is 11.3 Å². The molecule has 0 aromatic carbocycles. The van der Waals surface area contributed by atoms with Crippen molar-refractivity contribution in [1.29, 1.82) is 0 Å². The Bertz CT molecular complexity index is 558. The molecule has 0 spiro atoms. The number of hydrogen-bond acceptors (Lipinski definition) is 3. The van der Waals surface area contributed by atoms with E-state index in [2.05, 4.69) is 4.98 Å². The fourth-order valence-electron chi connectivity index (χ4n) is 1.23. The maximum absolute atomic E-state index is 11.8. The number of carbonyl (C=O) groups excluding carboxylic acids is 1. The molecule has 6 heteroatoms. The number of aromatic nitrogens is 1. The second-order valence-electron chi connectivity index (χ2n) is 3.04. The second-order valence-corrected chi connectivity index (χ2v) is 4.76. The van der Waals surface area contributed by atoms with Crippen molar-refractivity contribution in [2.75, 3.05) is 0 Å². The minimum Gasteiger partial charge on any atom is -0.477 e. The first kappa shape index (κ1) is 10.9. The molecule has 4 nitrogen and oxygen atoms in total. The summed E-state index contributed by atoms with van der Waals surface area (Å²) in [6, 6.07) is 4.55. The number of hydrogen-bond donors (Lipinski definition) is 2. The van der Waals surface area contributed by atoms with Gasteiger partial charge in [-0.25, -0.2) is 4.79 Å². The molecule has 0 unspecified atom stereocenters. The van der Waals surface area contributed by atoms with E-state index in [1.54, 1.807) is 12.1 Å². The van der Waals surface area contributed by atoms with Crippen molar-refractivity contribution in [3.8, 4) is 0 Å². The molecule has 82 valence electrons. The Morgan fingerprint density at radius 3 is 2.62 bits per heavy atom. The van der Waals surface area contributed by atoms with Crippen LogP contribution in [-0.2, 0) is 0 Å². The third-order valence-electron chi connectivity index (χ3n) is 1.97. The molecule has 16 heavy (non-hydrogen) atoms. The number of thiophene rings is 1. The van der Waals surface area contributed by atoms with E-state index in [9.17, 15) is 9.59 Å². The number of H-pyrrole nitrogens is 1. The van der Waals surface area contributed by atoms with Crippen LogP contribution in [0, 0.1) is 0 Å². The maximum Gasteiger partial charge on any atom is 0.352 e. The number of carboxylic acid groups (broad SMARTS) is 1. The van der Waals surface area contributed by atoms with Crippen LogP contribution in [0.15, 0.2) is 24.4 Å². The molecule has 0 bridgehead atoms. The molecule has 0 aliphatic heterocycles. The van der Waals surface area contributed by atoms with Gasteiger partial charge >= 0.3 is 5.97 Å². The quantitative estimate of drug-likeness (QED) is 0.829. The Morgan fingerprint density at radius 2 is 2.12 bits per heavy atom. The molecule has 2 aromatic heterocycles. The number of carbonyl (C=O) groups is 2. The Labute approximate surface area is 99.5 Å². The molecule has 2 heterocycles. The van der Waals surface area contributed by atoms with E-state index in [1.807, 2.05) is 0 Å². The summed E-state index contributed by atoms with van der Waals surface area (Å²) in [6.45, 7) is 0. The van der Waals surface area contributed by atoms with E-state index >= 15 is 0 Å². The van der Waals surface area contributed by atoms with Crippen molar-refractivity contribution < 1.29 is 14.7 Å². The number of carboxylic acids is 1. The normalized spacial score (nSPS) is 10.3. The van der Waals surface area contributed by atoms with Crippen molar-refractivity contribution in [2.45, 2.75) is 0 Å². The summed E-state index contributed by atoms with van der Waals surface area (Å²) >= 11 is 6.87. The molecule has 0 radical (unpaired) electrons. The van der Waals surface area contributed by atoms with Gasteiger partial charge < -0.3 is 10.1 Å². The summed E-state index contributed by atoms with van der Waals surface area (Å²) in [6.07, 6.45) is 1.37. The van der Waals surface area contributed by atoms with Gasteiger partial charge in [-0.2, -0.15) is 0 Å². The van der Waals surface area contributed by atoms with Gasteiger partial charge in [0.05, 0.1) is 9.21 Å². The third kappa shape index (κ3) is 2.00. The zero-order chi connectivity index (χ0) is 11.7. The van der Waals surface area contributed by atoms with Gasteiger partial charge in [-0.15, -0.1) is 11.3 Å². The first-order chi connectivity index (χ1) is 7.58. The summed E-state index contributed by atoms with van der Waals surface area (Å²) in [5.41, 5.74) is 0.307. The smallest absolute Gasteiger partial charge is 0.352 e. The van der Waals surface area contributed by atoms with Crippen LogP contribution in [-0.4, -0.2) is 21.8 Å². The van der Waals surface area contributed by atoms with Crippen LogP contribution in [0.4, 0.5) is 0 Å². The van der Waals surface area contributed by atoms with E-state index < -0.39 is 5.97 Å². The first-order valence-corrected chi connectivity index (χ1v) is 5.49. The highest BCUT2D eigenvalue weighted by atomic mass is 35.5. The average Bonchev–Trinajstić information content (AvgIpc) is 2.84. The molecule has 0 saturated heterocycles. The highest BCUT2D eigenvalue weighted by Crippen LogP contribution is 2.24. The zero-order valence-electron chi connectivity index (χ0n) is 7.86. The van der Waals surface area contributed by atoms with Gasteiger partial charge in [0.15, 0.2) is 0 Å². The molecule has 2 rings (SSSR count). The van der Waals surface area contributed by atoms with Gasteiger partial charge in [0.1, 0.15) is 5.69 Å². The number of ketones is 1. The lowest BCUT2D eigenvalue weighted by atomic mass is 10.2. The molecule has 0 fully saturated rings. The van der Waals surface area contributed by atoms with Crippen molar-refractivity contribution in [3.63, 3.8) is 0 Å². The average molecular weight is 256 g/mol. The van der Waals surface area contributed by atoms with Crippen LogP contribution in [0.3, 0.4) is 0 Å². The molecule has 2 aromatic rings. The number of aromatic amines is 1. The highest BCUT2D eigenvalue weighted by Gasteiger charge is 2.15. The van der Waals surface area contributed by atoms with Crippen LogP contribution in [0.25, 0.3) is 0 Å². The minimum absolute atomic E-state index is 0.00833. The van der Waals surface area contributed by atoms with Crippen LogP contribution in [0.2, 0.25) is 4.34 Å². The molecular weight excluding hydrogens is 250 g/mol. The summed E-state index contributed by atoms with van der Waals surface area (Å²) in [5, 5.41) is 8.69. The molecule has 0 atom stereocenters. The summed E-state index contributed by atoms with van der Waals surface area (Å²) < 4.78 is 0.525. The van der Waals surface area contributed by atoms with Gasteiger partial charge in [0, 0.05) is 11.8 Å². The standard InChI is InChI=1S/C10H6ClNO3S/c11-8-2-1-7(16-8)9(13)5-3-6(10(14)15)12-4-5/h1-4,12H,(H,14,15). The molecule has 0 amide bonds. The van der Waals surface area contributed by atoms with E-state index in [0.29, 0.717) is 14.8 Å². The lowest BCUT2D eigenvalue weighted by Crippen LogP contribution is -1.97. The van der Waals surface area contributed by atoms with Crippen LogP contribution < -0.4 is 0 Å². The fraction of sp³-hybridized carbons (Fsp3) is 0. The van der Waals surface area contributed by atoms with Crippen LogP contribution in [0.1, 0.15) is 25.7 Å². The molecule has 2 N–H and O–H groups in total. The first-order valence-electron chi connectivity index (χ1n) is 4.29. The van der Waals surface area contributed by atoms with Gasteiger partial charge in [0.25, 0.3) is 0 Å². The van der Waals surface area contributed by atoms with Crippen molar-refractivity contribution in [3.05, 3.63) is 44.9 Å². The van der Waals surface area contributed by atoms with Gasteiger partial charge in [0.2, 0.25) is 5.78 Å². The Hall–Kier alpha value is -1.59. The van der Waals surface area contributed by atoms with Crippen molar-refractivity contribution >= 4 is 34.7 Å². The Balaban J connectivity index is 2.30. The predicted molar refractivity (Wildman–Crippen MR) is 60.5 cm³/mol. The maximum atomic E-state index is 11.8. The minimum atomic E-state index is -1.09. The molecule has 0 aliphatic carbocycles. The molecular formula is C10H6ClNO3S. The van der Waals surface area contributed by atoms with Crippen LogP contribution in [0.5, 0.6) is 0 Å². The monoisotopic (exact) mass is 255 g/mol. The predicted octanol–water partition coefficient (Wildman–Crippen LogP) is 2.66. The summed E-state index contributed by atoms with van der Waals surface area (Å²) in [5.74, 6) is -1.33. The Kier molecular flexibility index (Phi) is 2.80. The van der Waals surface area contributed by atoms with E-state index in [1.165, 1.54) is 12.3 Å². The molecule has 0 saturated carbocycles. The topological polar surface area (TPSA) is 70.2 Å². The SMILES string of the molecule is O=C(O)c1cc(C(=O)c2ccc(Cl)s2)c[nH]1. The van der Waals surface area contributed by atoms with Crippen molar-refractivity contribution in [1.82, 2.24) is 4.98 Å². The molecule has 0 aliphatic rings. The zero-order valence-corrected chi connectivity index (χ0v) is 9.43. The summed E-state index contributed by atoms with van der Waals surface area (Å²) in [7, 11) is 0. The van der Waals surface area contributed by atoms with Gasteiger partial charge in [-0.3, -0.25) is 4.79 Å². The largest absolute Gasteiger partial charge is 0.477 e. The second kappa shape index (κ2) is 4.11. The van der Waals surface area contributed by atoms with Gasteiger partial charge in [-0.05, 0) is 18.2 Å². The lowest BCUT2D eigenvalue weighted by molar-refractivity contribution is 0.0691. The van der Waals surface area contributed by atoms with Crippen LogP contribution >= 0.6 is 22.9 Å². The van der Waals surface area contributed by atoms with E-state index in [-0.39, 0.29) is 11.5 Å². The number of nitrogens with one attached hydrogen (secondary N) is 1. The van der Waals surface area contributed by atoms with Crippen molar-refractivity contribution in [2.24, 2.45) is 0 Å². The highest BCUT2D eigenvalue weighted by molar-refractivity contribution is 7.18. The number of halogens is 1. The summed E-state index contributed by atoms with van der Waals surface area (Å²) in [4.78, 5) is 25.5. The Morgan fingerprint density at radius 1 is 1.38 bits per heavy atom. The third-order valence-corrected chi connectivity index (χ3v) is 3.20.